The number of hydrogen-bond donors (Lipinski definition) is 1. The molecule has 0 spiro atoms. The Labute approximate surface area is 120 Å². The van der Waals surface area contributed by atoms with Crippen LogP contribution in [-0.4, -0.2) is 36.7 Å². The van der Waals surface area contributed by atoms with E-state index in [0.717, 1.165) is 18.6 Å². The number of likely N-dealkylation sites (tertiary alicyclic amines) is 1. The van der Waals surface area contributed by atoms with Gasteiger partial charge in [0.15, 0.2) is 0 Å². The number of carbonyl (C=O) groups excluding carboxylic acids is 1. The van der Waals surface area contributed by atoms with Crippen LogP contribution in [0.3, 0.4) is 0 Å². The Hall–Kier alpha value is -1.92. The zero-order valence-corrected chi connectivity index (χ0v) is 11.6. The van der Waals surface area contributed by atoms with Crippen LogP contribution in [0.4, 0.5) is 18.0 Å². The smallest absolute Gasteiger partial charge is 0.416 e. The van der Waals surface area contributed by atoms with Crippen molar-refractivity contribution in [1.82, 2.24) is 10.2 Å². The second-order valence-electron chi connectivity index (χ2n) is 4.90. The molecule has 1 aliphatic heterocycles. The highest BCUT2D eigenvalue weighted by molar-refractivity contribution is 5.75. The summed E-state index contributed by atoms with van der Waals surface area (Å²) in [5.74, 6) is 0.170. The van der Waals surface area contributed by atoms with Crippen molar-refractivity contribution in [1.29, 1.82) is 0 Å². The van der Waals surface area contributed by atoms with Gasteiger partial charge >= 0.3 is 12.2 Å². The summed E-state index contributed by atoms with van der Waals surface area (Å²) in [6, 6.07) is 4.59. The maximum Gasteiger partial charge on any atom is 0.416 e. The van der Waals surface area contributed by atoms with E-state index in [1.165, 1.54) is 12.1 Å². The number of hydrogen-bond acceptors (Lipinski definition) is 2. The maximum absolute atomic E-state index is 12.6. The molecule has 0 atom stereocenters. The summed E-state index contributed by atoms with van der Waals surface area (Å²) in [4.78, 5) is 13.1. The molecule has 0 unspecified atom stereocenters. The first-order chi connectivity index (χ1) is 9.90. The number of amides is 2. The molecule has 0 saturated carbocycles. The van der Waals surface area contributed by atoms with Gasteiger partial charge in [-0.3, -0.25) is 0 Å². The van der Waals surface area contributed by atoms with Gasteiger partial charge in [0.25, 0.3) is 0 Å². The summed E-state index contributed by atoms with van der Waals surface area (Å²) in [6.07, 6.45) is -3.80. The van der Waals surface area contributed by atoms with E-state index in [4.69, 9.17) is 4.74 Å². The monoisotopic (exact) mass is 302 g/mol. The molecular weight excluding hydrogens is 285 g/mol. The molecule has 1 saturated heterocycles. The Bertz CT molecular complexity index is 499. The standard InChI is InChI=1S/C14H17F3N2O2/c1-2-6-18-13(20)19-8-12(9-19)21-11-5-3-4-10(7-11)14(15,16)17/h3-5,7,12H,2,6,8-9H2,1H3,(H,18,20). The van der Waals surface area contributed by atoms with E-state index in [0.29, 0.717) is 19.6 Å². The second-order valence-corrected chi connectivity index (χ2v) is 4.90. The molecule has 0 aromatic heterocycles. The second kappa shape index (κ2) is 6.24. The van der Waals surface area contributed by atoms with Crippen LogP contribution in [0.1, 0.15) is 18.9 Å². The molecule has 2 rings (SSSR count). The number of nitrogens with one attached hydrogen (secondary N) is 1. The van der Waals surface area contributed by atoms with Gasteiger partial charge < -0.3 is 15.0 Å². The molecule has 1 aromatic carbocycles. The fraction of sp³-hybridized carbons (Fsp3) is 0.500. The van der Waals surface area contributed by atoms with Crippen LogP contribution in [0.5, 0.6) is 5.75 Å². The molecule has 2 amide bonds. The summed E-state index contributed by atoms with van der Waals surface area (Å²) in [6.45, 7) is 3.32. The molecule has 1 N–H and O–H groups in total. The van der Waals surface area contributed by atoms with Gasteiger partial charge in [-0.25, -0.2) is 4.79 Å². The lowest BCUT2D eigenvalue weighted by Gasteiger charge is -2.38. The van der Waals surface area contributed by atoms with Crippen LogP contribution >= 0.6 is 0 Å². The molecular formula is C14H17F3N2O2. The van der Waals surface area contributed by atoms with Gasteiger partial charge in [0.2, 0.25) is 0 Å². The highest BCUT2D eigenvalue weighted by Crippen LogP contribution is 2.31. The first-order valence-corrected chi connectivity index (χ1v) is 6.77. The molecule has 1 aromatic rings. The van der Waals surface area contributed by atoms with Crippen LogP contribution in [0.2, 0.25) is 0 Å². The van der Waals surface area contributed by atoms with Crippen LogP contribution in [-0.2, 0) is 6.18 Å². The topological polar surface area (TPSA) is 41.6 Å². The Balaban J connectivity index is 1.84. The number of ether oxygens (including phenoxy) is 1. The van der Waals surface area contributed by atoms with Crippen molar-refractivity contribution >= 4 is 6.03 Å². The third-order valence-electron chi connectivity index (χ3n) is 3.13. The Morgan fingerprint density at radius 1 is 1.43 bits per heavy atom. The third kappa shape index (κ3) is 4.03. The number of halogens is 3. The minimum absolute atomic E-state index is 0.166. The number of rotatable bonds is 4. The third-order valence-corrected chi connectivity index (χ3v) is 3.13. The van der Waals surface area contributed by atoms with E-state index in [2.05, 4.69) is 5.32 Å². The fourth-order valence-corrected chi connectivity index (χ4v) is 1.96. The lowest BCUT2D eigenvalue weighted by Crippen LogP contribution is -2.58. The number of urea groups is 1. The average Bonchev–Trinajstić information content (AvgIpc) is 2.39. The molecule has 116 valence electrons. The van der Waals surface area contributed by atoms with Gasteiger partial charge in [0, 0.05) is 6.54 Å². The Kier molecular flexibility index (Phi) is 4.59. The molecule has 0 bridgehead atoms. The van der Waals surface area contributed by atoms with Gasteiger partial charge in [-0.05, 0) is 24.6 Å². The highest BCUT2D eigenvalue weighted by Gasteiger charge is 2.33. The summed E-state index contributed by atoms with van der Waals surface area (Å²) in [5, 5.41) is 2.73. The predicted octanol–water partition coefficient (Wildman–Crippen LogP) is 2.89. The van der Waals surface area contributed by atoms with Crippen molar-refractivity contribution < 1.29 is 22.7 Å². The van der Waals surface area contributed by atoms with E-state index in [1.807, 2.05) is 6.92 Å². The van der Waals surface area contributed by atoms with Gasteiger partial charge in [0.05, 0.1) is 18.7 Å². The van der Waals surface area contributed by atoms with Gasteiger partial charge in [-0.15, -0.1) is 0 Å². The summed E-state index contributed by atoms with van der Waals surface area (Å²) >= 11 is 0. The Morgan fingerprint density at radius 2 is 2.14 bits per heavy atom. The van der Waals surface area contributed by atoms with Crippen LogP contribution < -0.4 is 10.1 Å². The van der Waals surface area contributed by atoms with Crippen LogP contribution in [0, 0.1) is 0 Å². The first kappa shape index (κ1) is 15.5. The number of carbonyl (C=O) groups is 1. The first-order valence-electron chi connectivity index (χ1n) is 6.77. The van der Waals surface area contributed by atoms with Gasteiger partial charge in [-0.1, -0.05) is 13.0 Å². The van der Waals surface area contributed by atoms with Crippen molar-refractivity contribution in [3.05, 3.63) is 29.8 Å². The van der Waals surface area contributed by atoms with E-state index >= 15 is 0 Å². The lowest BCUT2D eigenvalue weighted by molar-refractivity contribution is -0.137. The molecule has 1 fully saturated rings. The summed E-state index contributed by atoms with van der Waals surface area (Å²) in [7, 11) is 0. The van der Waals surface area contributed by atoms with Crippen LogP contribution in [0.25, 0.3) is 0 Å². The van der Waals surface area contributed by atoms with E-state index in [9.17, 15) is 18.0 Å². The van der Waals surface area contributed by atoms with Gasteiger partial charge in [-0.2, -0.15) is 13.2 Å². The van der Waals surface area contributed by atoms with E-state index < -0.39 is 11.7 Å². The lowest BCUT2D eigenvalue weighted by atomic mass is 10.1. The molecule has 7 heteroatoms. The van der Waals surface area contributed by atoms with Crippen molar-refractivity contribution in [3.8, 4) is 5.75 Å². The van der Waals surface area contributed by atoms with Crippen molar-refractivity contribution in [3.63, 3.8) is 0 Å². The maximum atomic E-state index is 12.6. The number of benzene rings is 1. The number of nitrogens with zero attached hydrogens (tertiary/aromatic N) is 1. The predicted molar refractivity (Wildman–Crippen MR) is 71.1 cm³/mol. The molecule has 0 radical (unpaired) electrons. The molecule has 21 heavy (non-hydrogen) atoms. The highest BCUT2D eigenvalue weighted by atomic mass is 19.4. The quantitative estimate of drug-likeness (QED) is 0.929. The zero-order chi connectivity index (χ0) is 15.5. The average molecular weight is 302 g/mol. The van der Waals surface area contributed by atoms with Crippen LogP contribution in [0.15, 0.2) is 24.3 Å². The Morgan fingerprint density at radius 3 is 2.76 bits per heavy atom. The SMILES string of the molecule is CCCNC(=O)N1CC(Oc2cccc(C(F)(F)F)c2)C1. The fourth-order valence-electron chi connectivity index (χ4n) is 1.96. The molecule has 0 aliphatic carbocycles. The van der Waals surface area contributed by atoms with Crippen molar-refractivity contribution in [2.75, 3.05) is 19.6 Å². The van der Waals surface area contributed by atoms with E-state index in [-0.39, 0.29) is 17.9 Å². The van der Waals surface area contributed by atoms with Gasteiger partial charge in [0.1, 0.15) is 11.9 Å². The van der Waals surface area contributed by atoms with Crippen molar-refractivity contribution in [2.45, 2.75) is 25.6 Å². The minimum Gasteiger partial charge on any atom is -0.487 e. The summed E-state index contributed by atoms with van der Waals surface area (Å²) in [5.41, 5.74) is -0.739. The zero-order valence-electron chi connectivity index (χ0n) is 11.6. The summed E-state index contributed by atoms with van der Waals surface area (Å²) < 4.78 is 43.2. The largest absolute Gasteiger partial charge is 0.487 e. The molecule has 1 heterocycles. The minimum atomic E-state index is -4.38. The molecule has 1 aliphatic rings. The van der Waals surface area contributed by atoms with E-state index in [1.54, 1.807) is 4.90 Å². The van der Waals surface area contributed by atoms with Crippen molar-refractivity contribution in [2.24, 2.45) is 0 Å². The molecule has 4 nitrogen and oxygen atoms in total. The normalized spacial score (nSPS) is 15.5. The number of alkyl halides is 3.